The van der Waals surface area contributed by atoms with Gasteiger partial charge in [-0.2, -0.15) is 0 Å². The fourth-order valence-corrected chi connectivity index (χ4v) is 3.10. The Labute approximate surface area is 157 Å². The Morgan fingerprint density at radius 3 is 2.52 bits per heavy atom. The number of amides is 1. The first-order valence-corrected chi connectivity index (χ1v) is 9.01. The smallest absolute Gasteiger partial charge is 0.238 e. The number of likely N-dealkylation sites (N-methyl/N-ethyl adjacent to an activating group) is 1. The molecule has 7 heteroatoms. The molecule has 2 aromatic rings. The van der Waals surface area contributed by atoms with Crippen LogP contribution < -0.4 is 24.3 Å². The molecule has 2 aromatic carbocycles. The van der Waals surface area contributed by atoms with Gasteiger partial charge in [0.1, 0.15) is 13.2 Å². The lowest BCUT2D eigenvalue weighted by Gasteiger charge is -2.21. The number of nitrogens with zero attached hydrogens (tertiary/aromatic N) is 1. The molecule has 7 nitrogen and oxygen atoms in total. The second-order valence-electron chi connectivity index (χ2n) is 6.40. The van der Waals surface area contributed by atoms with Crippen LogP contribution in [0.4, 0.5) is 5.69 Å². The molecule has 142 valence electrons. The van der Waals surface area contributed by atoms with Crippen molar-refractivity contribution in [3.05, 3.63) is 42.0 Å². The molecule has 0 fully saturated rings. The summed E-state index contributed by atoms with van der Waals surface area (Å²) in [5.74, 6) is 2.81. The van der Waals surface area contributed by atoms with E-state index < -0.39 is 0 Å². The van der Waals surface area contributed by atoms with E-state index in [4.69, 9.17) is 18.9 Å². The largest absolute Gasteiger partial charge is 0.486 e. The van der Waals surface area contributed by atoms with Crippen LogP contribution in [0, 0.1) is 0 Å². The molecular weight excluding hydrogens is 348 g/mol. The Balaban J connectivity index is 1.36. The van der Waals surface area contributed by atoms with Gasteiger partial charge < -0.3 is 24.3 Å². The van der Waals surface area contributed by atoms with Crippen molar-refractivity contribution in [2.45, 2.75) is 13.5 Å². The number of anilines is 1. The minimum atomic E-state index is -0.0747. The fraction of sp³-hybridized carbons (Fsp3) is 0.350. The number of rotatable bonds is 6. The molecule has 0 spiro atoms. The zero-order valence-corrected chi connectivity index (χ0v) is 15.2. The van der Waals surface area contributed by atoms with Gasteiger partial charge in [0.25, 0.3) is 0 Å². The van der Waals surface area contributed by atoms with Gasteiger partial charge in [-0.05, 0) is 36.4 Å². The highest BCUT2D eigenvalue weighted by Gasteiger charge is 2.16. The standard InChI is InChI=1S/C20H22N2O5/c1-2-22(11-14-3-5-17-18(9-14)27-13-26-17)12-20(23)21-15-4-6-16-19(10-15)25-8-7-24-16/h3-6,9-10H,2,7-8,11-13H2,1H3,(H,21,23). The highest BCUT2D eigenvalue weighted by molar-refractivity contribution is 5.92. The van der Waals surface area contributed by atoms with Crippen LogP contribution in [0.1, 0.15) is 12.5 Å². The summed E-state index contributed by atoms with van der Waals surface area (Å²) in [5, 5.41) is 2.92. The number of hydrogen-bond donors (Lipinski definition) is 1. The maximum atomic E-state index is 12.5. The summed E-state index contributed by atoms with van der Waals surface area (Å²) in [6.45, 7) is 5.05. The third kappa shape index (κ3) is 4.09. The van der Waals surface area contributed by atoms with Crippen molar-refractivity contribution in [3.8, 4) is 23.0 Å². The Bertz CT molecular complexity index is 839. The molecule has 0 atom stereocenters. The second kappa shape index (κ2) is 7.75. The number of ether oxygens (including phenoxy) is 4. The monoisotopic (exact) mass is 370 g/mol. The van der Waals surface area contributed by atoms with Crippen LogP contribution in [0.3, 0.4) is 0 Å². The molecule has 27 heavy (non-hydrogen) atoms. The van der Waals surface area contributed by atoms with Gasteiger partial charge in [0, 0.05) is 18.3 Å². The van der Waals surface area contributed by atoms with Crippen molar-refractivity contribution < 1.29 is 23.7 Å². The predicted octanol–water partition coefficient (Wildman–Crippen LogP) is 2.65. The van der Waals surface area contributed by atoms with Crippen molar-refractivity contribution in [3.63, 3.8) is 0 Å². The van der Waals surface area contributed by atoms with Gasteiger partial charge in [-0.1, -0.05) is 13.0 Å². The van der Waals surface area contributed by atoms with E-state index in [1.54, 1.807) is 6.07 Å². The first kappa shape index (κ1) is 17.5. The highest BCUT2D eigenvalue weighted by atomic mass is 16.7. The average molecular weight is 370 g/mol. The molecule has 1 N–H and O–H groups in total. The fourth-order valence-electron chi connectivity index (χ4n) is 3.10. The van der Waals surface area contributed by atoms with Gasteiger partial charge in [-0.25, -0.2) is 0 Å². The third-order valence-corrected chi connectivity index (χ3v) is 4.48. The summed E-state index contributed by atoms with van der Waals surface area (Å²) in [6.07, 6.45) is 0. The van der Waals surface area contributed by atoms with Gasteiger partial charge >= 0.3 is 0 Å². The molecule has 4 rings (SSSR count). The lowest BCUT2D eigenvalue weighted by atomic mass is 10.2. The summed E-state index contributed by atoms with van der Waals surface area (Å²) in [5.41, 5.74) is 1.77. The number of fused-ring (bicyclic) bond motifs is 2. The summed E-state index contributed by atoms with van der Waals surface area (Å²) >= 11 is 0. The topological polar surface area (TPSA) is 69.3 Å². The van der Waals surface area contributed by atoms with Crippen molar-refractivity contribution in [1.82, 2.24) is 4.90 Å². The Morgan fingerprint density at radius 1 is 0.963 bits per heavy atom. The van der Waals surface area contributed by atoms with E-state index in [2.05, 4.69) is 10.2 Å². The van der Waals surface area contributed by atoms with Crippen LogP contribution in [0.15, 0.2) is 36.4 Å². The number of carbonyl (C=O) groups is 1. The minimum Gasteiger partial charge on any atom is -0.486 e. The first-order chi connectivity index (χ1) is 13.2. The average Bonchev–Trinajstić information content (AvgIpc) is 3.15. The molecule has 0 saturated heterocycles. The summed E-state index contributed by atoms with van der Waals surface area (Å²) in [7, 11) is 0. The van der Waals surface area contributed by atoms with Crippen LogP contribution in [-0.2, 0) is 11.3 Å². The summed E-state index contributed by atoms with van der Waals surface area (Å²) in [4.78, 5) is 14.5. The van der Waals surface area contributed by atoms with E-state index in [1.807, 2.05) is 37.3 Å². The molecule has 0 radical (unpaired) electrons. The van der Waals surface area contributed by atoms with Crippen LogP contribution in [0.25, 0.3) is 0 Å². The molecule has 0 unspecified atom stereocenters. The molecule has 0 aromatic heterocycles. The normalized spacial score (nSPS) is 14.3. The SMILES string of the molecule is CCN(CC(=O)Nc1ccc2c(c1)OCCO2)Cc1ccc2c(c1)OCO2. The van der Waals surface area contributed by atoms with Crippen LogP contribution >= 0.6 is 0 Å². The lowest BCUT2D eigenvalue weighted by Crippen LogP contribution is -2.32. The van der Waals surface area contributed by atoms with Gasteiger partial charge in [0.15, 0.2) is 23.0 Å². The van der Waals surface area contributed by atoms with Gasteiger partial charge in [-0.3, -0.25) is 9.69 Å². The van der Waals surface area contributed by atoms with Gasteiger partial charge in [0.05, 0.1) is 6.54 Å². The van der Waals surface area contributed by atoms with E-state index in [-0.39, 0.29) is 12.7 Å². The maximum Gasteiger partial charge on any atom is 0.238 e. The zero-order chi connectivity index (χ0) is 18.6. The summed E-state index contributed by atoms with van der Waals surface area (Å²) < 4.78 is 21.8. The van der Waals surface area contributed by atoms with Crippen molar-refractivity contribution in [2.75, 3.05) is 38.4 Å². The first-order valence-electron chi connectivity index (χ1n) is 9.01. The van der Waals surface area contributed by atoms with Crippen LogP contribution in [0.2, 0.25) is 0 Å². The number of carbonyl (C=O) groups excluding carboxylic acids is 1. The second-order valence-corrected chi connectivity index (χ2v) is 6.40. The van der Waals surface area contributed by atoms with E-state index in [0.29, 0.717) is 43.5 Å². The number of benzene rings is 2. The molecule has 0 aliphatic carbocycles. The predicted molar refractivity (Wildman–Crippen MR) is 99.6 cm³/mol. The molecular formula is C20H22N2O5. The molecule has 1 amide bonds. The van der Waals surface area contributed by atoms with Crippen molar-refractivity contribution in [1.29, 1.82) is 0 Å². The quantitative estimate of drug-likeness (QED) is 0.843. The zero-order valence-electron chi connectivity index (χ0n) is 15.2. The summed E-state index contributed by atoms with van der Waals surface area (Å²) in [6, 6.07) is 11.3. The van der Waals surface area contributed by atoms with Gasteiger partial charge in [0.2, 0.25) is 12.7 Å². The number of hydrogen-bond acceptors (Lipinski definition) is 6. The van der Waals surface area contributed by atoms with Crippen molar-refractivity contribution >= 4 is 11.6 Å². The molecule has 2 aliphatic heterocycles. The van der Waals surface area contributed by atoms with Crippen LogP contribution in [0.5, 0.6) is 23.0 Å². The third-order valence-electron chi connectivity index (χ3n) is 4.48. The Hall–Kier alpha value is -2.93. The van der Waals surface area contributed by atoms with E-state index in [9.17, 15) is 4.79 Å². The molecule has 0 saturated carbocycles. The Morgan fingerprint density at radius 2 is 1.67 bits per heavy atom. The molecule has 2 aliphatic rings. The van der Waals surface area contributed by atoms with E-state index >= 15 is 0 Å². The van der Waals surface area contributed by atoms with E-state index in [1.165, 1.54) is 0 Å². The Kier molecular flexibility index (Phi) is 5.02. The molecule has 0 bridgehead atoms. The lowest BCUT2D eigenvalue weighted by molar-refractivity contribution is -0.117. The van der Waals surface area contributed by atoms with Crippen LogP contribution in [-0.4, -0.2) is 43.9 Å². The number of nitrogens with one attached hydrogen (secondary N) is 1. The van der Waals surface area contributed by atoms with Crippen molar-refractivity contribution in [2.24, 2.45) is 0 Å². The molecule has 2 heterocycles. The maximum absolute atomic E-state index is 12.5. The van der Waals surface area contributed by atoms with E-state index in [0.717, 1.165) is 23.6 Å². The minimum absolute atomic E-state index is 0.0747. The van der Waals surface area contributed by atoms with Gasteiger partial charge in [-0.15, -0.1) is 0 Å². The highest BCUT2D eigenvalue weighted by Crippen LogP contribution is 2.33.